The predicted molar refractivity (Wildman–Crippen MR) is 124 cm³/mol. The molecule has 2 atom stereocenters. The van der Waals surface area contributed by atoms with Crippen molar-refractivity contribution < 1.29 is 9.59 Å². The molecule has 0 spiro atoms. The average Bonchev–Trinajstić information content (AvgIpc) is 2.71. The Morgan fingerprint density at radius 1 is 1.03 bits per heavy atom. The van der Waals surface area contributed by atoms with Crippen LogP contribution in [0.15, 0.2) is 42.5 Å². The molecule has 0 heterocycles. The summed E-state index contributed by atoms with van der Waals surface area (Å²) in [6, 6.07) is 12.6. The maximum Gasteiger partial charge on any atom is 0.243 e. The number of hydrogen-bond acceptors (Lipinski definition) is 2. The lowest BCUT2D eigenvalue weighted by molar-refractivity contribution is -0.141. The van der Waals surface area contributed by atoms with Crippen LogP contribution in [-0.4, -0.2) is 28.8 Å². The van der Waals surface area contributed by atoms with Crippen molar-refractivity contribution in [2.45, 2.75) is 65.6 Å². The van der Waals surface area contributed by atoms with Crippen molar-refractivity contribution in [2.24, 2.45) is 0 Å². The van der Waals surface area contributed by atoms with Crippen molar-refractivity contribution in [3.63, 3.8) is 0 Å². The number of rotatable bonds is 9. The predicted octanol–water partition coefficient (Wildman–Crippen LogP) is 5.57. The van der Waals surface area contributed by atoms with Crippen LogP contribution in [0.25, 0.3) is 0 Å². The number of carbonyl (C=O) groups is 2. The van der Waals surface area contributed by atoms with Gasteiger partial charge in [-0.15, -0.1) is 0 Å². The number of nitrogens with zero attached hydrogens (tertiary/aromatic N) is 1. The Bertz CT molecular complexity index is 868. The highest BCUT2D eigenvalue weighted by Crippen LogP contribution is 2.23. The zero-order valence-electron chi connectivity index (χ0n) is 18.0. The summed E-state index contributed by atoms with van der Waals surface area (Å²) in [5.74, 6) is -0.277. The number of halogens is 2. The lowest BCUT2D eigenvalue weighted by Gasteiger charge is -2.31. The number of hydrogen-bond donors (Lipinski definition) is 1. The average molecular weight is 449 g/mol. The molecule has 2 rings (SSSR count). The largest absolute Gasteiger partial charge is 0.352 e. The lowest BCUT2D eigenvalue weighted by atomic mass is 10.1. The number of nitrogens with one attached hydrogen (secondary N) is 1. The van der Waals surface area contributed by atoms with Crippen LogP contribution in [0.1, 0.15) is 50.3 Å². The van der Waals surface area contributed by atoms with Crippen LogP contribution in [-0.2, 0) is 22.6 Å². The van der Waals surface area contributed by atoms with E-state index >= 15 is 0 Å². The van der Waals surface area contributed by atoms with E-state index < -0.39 is 6.04 Å². The Balaban J connectivity index is 2.31. The summed E-state index contributed by atoms with van der Waals surface area (Å²) < 4.78 is 0. The highest BCUT2D eigenvalue weighted by atomic mass is 35.5. The van der Waals surface area contributed by atoms with Gasteiger partial charge in [0.25, 0.3) is 0 Å². The third-order valence-corrected chi connectivity index (χ3v) is 5.80. The van der Waals surface area contributed by atoms with E-state index in [1.165, 1.54) is 0 Å². The fourth-order valence-corrected chi connectivity index (χ4v) is 3.66. The van der Waals surface area contributed by atoms with Gasteiger partial charge in [0.05, 0.1) is 6.42 Å². The molecule has 0 aliphatic rings. The van der Waals surface area contributed by atoms with E-state index in [0.29, 0.717) is 28.6 Å². The zero-order chi connectivity index (χ0) is 22.3. The van der Waals surface area contributed by atoms with E-state index in [2.05, 4.69) is 5.32 Å². The zero-order valence-corrected chi connectivity index (χ0v) is 19.6. The molecule has 0 bridgehead atoms. The number of amides is 2. The van der Waals surface area contributed by atoms with Gasteiger partial charge in [0, 0.05) is 22.6 Å². The fraction of sp³-hybridized carbons (Fsp3) is 0.417. The van der Waals surface area contributed by atoms with E-state index in [1.807, 2.05) is 52.0 Å². The first-order valence-electron chi connectivity index (χ1n) is 10.3. The second-order valence-corrected chi connectivity index (χ2v) is 8.51. The van der Waals surface area contributed by atoms with Crippen LogP contribution < -0.4 is 5.32 Å². The SMILES string of the molecule is CC[C@@H](C)NC(=O)[C@@H](CC)N(Cc1ccc(C)cc1)C(=O)Cc1ccc(Cl)cc1Cl. The molecule has 0 aliphatic heterocycles. The molecular weight excluding hydrogens is 419 g/mol. The summed E-state index contributed by atoms with van der Waals surface area (Å²) in [6.45, 7) is 8.28. The molecule has 1 N–H and O–H groups in total. The Labute approximate surface area is 189 Å². The van der Waals surface area contributed by atoms with Gasteiger partial charge >= 0.3 is 0 Å². The highest BCUT2D eigenvalue weighted by molar-refractivity contribution is 6.35. The number of aryl methyl sites for hydroxylation is 1. The first-order valence-corrected chi connectivity index (χ1v) is 11.1. The molecular formula is C24H30Cl2N2O2. The Kier molecular flexibility index (Phi) is 9.19. The first kappa shape index (κ1) is 24.2. The van der Waals surface area contributed by atoms with E-state index in [1.54, 1.807) is 23.1 Å². The molecule has 0 fully saturated rings. The molecule has 2 amide bonds. The monoisotopic (exact) mass is 448 g/mol. The minimum absolute atomic E-state index is 0.0496. The molecule has 6 heteroatoms. The smallest absolute Gasteiger partial charge is 0.243 e. The lowest BCUT2D eigenvalue weighted by Crippen LogP contribution is -2.51. The van der Waals surface area contributed by atoms with Gasteiger partial charge in [-0.25, -0.2) is 0 Å². The Morgan fingerprint density at radius 2 is 1.70 bits per heavy atom. The first-order chi connectivity index (χ1) is 14.2. The van der Waals surface area contributed by atoms with E-state index in [-0.39, 0.29) is 24.3 Å². The maximum absolute atomic E-state index is 13.3. The van der Waals surface area contributed by atoms with Crippen molar-refractivity contribution in [1.29, 1.82) is 0 Å². The van der Waals surface area contributed by atoms with Gasteiger partial charge in [0.1, 0.15) is 6.04 Å². The fourth-order valence-electron chi connectivity index (χ4n) is 3.18. The summed E-state index contributed by atoms with van der Waals surface area (Å²) in [5.41, 5.74) is 2.81. The van der Waals surface area contributed by atoms with Crippen LogP contribution in [0.4, 0.5) is 0 Å². The quantitative estimate of drug-likeness (QED) is 0.545. The second-order valence-electron chi connectivity index (χ2n) is 7.66. The van der Waals surface area contributed by atoms with Gasteiger partial charge in [-0.3, -0.25) is 9.59 Å². The van der Waals surface area contributed by atoms with E-state index in [4.69, 9.17) is 23.2 Å². The summed E-state index contributed by atoms with van der Waals surface area (Å²) >= 11 is 12.3. The highest BCUT2D eigenvalue weighted by Gasteiger charge is 2.29. The van der Waals surface area contributed by atoms with E-state index in [9.17, 15) is 9.59 Å². The number of benzene rings is 2. The van der Waals surface area contributed by atoms with Crippen LogP contribution in [0.2, 0.25) is 10.0 Å². The topological polar surface area (TPSA) is 49.4 Å². The summed E-state index contributed by atoms with van der Waals surface area (Å²) in [7, 11) is 0. The van der Waals surface area contributed by atoms with Gasteiger partial charge in [-0.05, 0) is 49.9 Å². The van der Waals surface area contributed by atoms with Crippen LogP contribution >= 0.6 is 23.2 Å². The molecule has 0 aromatic heterocycles. The van der Waals surface area contributed by atoms with Crippen LogP contribution in [0.3, 0.4) is 0 Å². The van der Waals surface area contributed by atoms with Gasteiger partial charge in [0.2, 0.25) is 11.8 Å². The van der Waals surface area contributed by atoms with Crippen LogP contribution in [0, 0.1) is 6.92 Å². The molecule has 4 nitrogen and oxygen atoms in total. The van der Waals surface area contributed by atoms with Gasteiger partial charge in [0.15, 0.2) is 0 Å². The van der Waals surface area contributed by atoms with Crippen molar-refractivity contribution in [3.8, 4) is 0 Å². The number of carbonyl (C=O) groups excluding carboxylic acids is 2. The standard InChI is InChI=1S/C24H30Cl2N2O2/c1-5-17(4)27-24(30)22(6-2)28(15-18-9-7-16(3)8-10-18)23(29)13-19-11-12-20(25)14-21(19)26/h7-12,14,17,22H,5-6,13,15H2,1-4H3,(H,27,30)/t17-,22-/m1/s1. The molecule has 0 unspecified atom stereocenters. The minimum Gasteiger partial charge on any atom is -0.352 e. The molecule has 2 aromatic carbocycles. The van der Waals surface area contributed by atoms with Crippen molar-refractivity contribution >= 4 is 35.0 Å². The summed E-state index contributed by atoms with van der Waals surface area (Å²) in [6.07, 6.45) is 1.46. The van der Waals surface area contributed by atoms with Crippen molar-refractivity contribution in [2.75, 3.05) is 0 Å². The third kappa shape index (κ3) is 6.75. The molecule has 0 saturated carbocycles. The molecule has 0 radical (unpaired) electrons. The Hall–Kier alpha value is -2.04. The molecule has 0 aliphatic carbocycles. The molecule has 30 heavy (non-hydrogen) atoms. The van der Waals surface area contributed by atoms with Crippen molar-refractivity contribution in [3.05, 3.63) is 69.2 Å². The molecule has 162 valence electrons. The summed E-state index contributed by atoms with van der Waals surface area (Å²) in [5, 5.41) is 3.99. The third-order valence-electron chi connectivity index (χ3n) is 5.22. The van der Waals surface area contributed by atoms with E-state index in [0.717, 1.165) is 17.5 Å². The molecule has 0 saturated heterocycles. The van der Waals surface area contributed by atoms with Crippen LogP contribution in [0.5, 0.6) is 0 Å². The summed E-state index contributed by atoms with van der Waals surface area (Å²) in [4.78, 5) is 27.9. The second kappa shape index (κ2) is 11.4. The maximum atomic E-state index is 13.3. The van der Waals surface area contributed by atoms with Gasteiger partial charge in [-0.2, -0.15) is 0 Å². The molecule has 2 aromatic rings. The van der Waals surface area contributed by atoms with Gasteiger partial charge in [-0.1, -0.05) is 72.9 Å². The minimum atomic E-state index is -0.557. The Morgan fingerprint density at radius 3 is 2.27 bits per heavy atom. The van der Waals surface area contributed by atoms with Crippen molar-refractivity contribution in [1.82, 2.24) is 10.2 Å². The van der Waals surface area contributed by atoms with Gasteiger partial charge < -0.3 is 10.2 Å². The normalized spacial score (nSPS) is 12.9.